The first-order valence-corrected chi connectivity index (χ1v) is 10.7. The quantitative estimate of drug-likeness (QED) is 0.317. The minimum Gasteiger partial charge on any atom is -0.311 e. The van der Waals surface area contributed by atoms with Crippen LogP contribution in [0.25, 0.3) is 16.2 Å². The van der Waals surface area contributed by atoms with E-state index in [2.05, 4.69) is 10.3 Å². The maximum absolute atomic E-state index is 12.9. The summed E-state index contributed by atoms with van der Waals surface area (Å²) in [4.78, 5) is 5.42. The van der Waals surface area contributed by atoms with Crippen molar-refractivity contribution in [3.05, 3.63) is 80.9 Å². The second-order valence-corrected chi connectivity index (χ2v) is 8.40. The van der Waals surface area contributed by atoms with Crippen LogP contribution in [0.5, 0.6) is 0 Å². The Kier molecular flexibility index (Phi) is 6.06. The topological polar surface area (TPSA) is 29.3 Å². The summed E-state index contributed by atoms with van der Waals surface area (Å²) in [5, 5.41) is 6.36. The van der Waals surface area contributed by atoms with Gasteiger partial charge >= 0.3 is 6.18 Å². The summed E-state index contributed by atoms with van der Waals surface area (Å²) in [7, 11) is 0. The van der Waals surface area contributed by atoms with Crippen molar-refractivity contribution in [1.29, 1.82) is 0 Å². The number of hydrogen-bond donors (Lipinski definition) is 1. The second kappa shape index (κ2) is 8.59. The van der Waals surface area contributed by atoms with Crippen molar-refractivity contribution in [2.24, 2.45) is 0 Å². The number of fused-ring (bicyclic) bond motifs is 1. The Bertz CT molecular complexity index is 1170. The predicted octanol–water partition coefficient (Wildman–Crippen LogP) is 6.72. The minimum atomic E-state index is -4.36. The van der Waals surface area contributed by atoms with Gasteiger partial charge in [-0.1, -0.05) is 41.4 Å². The van der Waals surface area contributed by atoms with Crippen LogP contribution in [0.3, 0.4) is 0 Å². The fraction of sp³-hybridized carbons (Fsp3) is 0.190. The van der Waals surface area contributed by atoms with Gasteiger partial charge in [-0.3, -0.25) is 4.40 Å². The number of nitrogens with one attached hydrogen (secondary N) is 1. The van der Waals surface area contributed by atoms with Gasteiger partial charge in [0.1, 0.15) is 0 Å². The zero-order chi connectivity index (χ0) is 21.3. The van der Waals surface area contributed by atoms with Crippen molar-refractivity contribution in [2.45, 2.75) is 19.1 Å². The van der Waals surface area contributed by atoms with Crippen LogP contribution < -0.4 is 5.32 Å². The van der Waals surface area contributed by atoms with E-state index >= 15 is 0 Å². The third-order valence-electron chi connectivity index (χ3n) is 4.71. The van der Waals surface area contributed by atoms with Gasteiger partial charge in [0.2, 0.25) is 0 Å². The summed E-state index contributed by atoms with van der Waals surface area (Å²) < 4.78 is 40.6. The summed E-state index contributed by atoms with van der Waals surface area (Å²) in [6, 6.07) is 10.7. The van der Waals surface area contributed by atoms with Crippen LogP contribution >= 0.6 is 34.5 Å². The first-order chi connectivity index (χ1) is 14.3. The second-order valence-electron chi connectivity index (χ2n) is 6.71. The third-order valence-corrected chi connectivity index (χ3v) is 6.21. The van der Waals surface area contributed by atoms with E-state index in [0.29, 0.717) is 34.4 Å². The summed E-state index contributed by atoms with van der Waals surface area (Å²) in [6.45, 7) is 1.22. The standard InChI is InChI=1S/C21H16Cl2F3N3S/c22-16-6-1-13(11-17(16)23)7-8-27-12-18-19(28-20-29(18)9-10-30-20)14-2-4-15(5-3-14)21(24,25)26/h1-6,9-11,27H,7-8,12H2. The lowest BCUT2D eigenvalue weighted by Crippen LogP contribution is -2.18. The van der Waals surface area contributed by atoms with Gasteiger partial charge in [-0.05, 0) is 42.8 Å². The minimum absolute atomic E-state index is 0.522. The molecule has 4 rings (SSSR count). The normalized spacial score (nSPS) is 12.0. The molecule has 0 atom stereocenters. The largest absolute Gasteiger partial charge is 0.416 e. The number of imidazole rings is 1. The average molecular weight is 470 g/mol. The first kappa shape index (κ1) is 21.2. The maximum atomic E-state index is 12.9. The molecule has 2 heterocycles. The molecule has 4 aromatic rings. The number of aromatic nitrogens is 2. The van der Waals surface area contributed by atoms with Crippen LogP contribution in [0.1, 0.15) is 16.8 Å². The molecule has 2 aromatic carbocycles. The van der Waals surface area contributed by atoms with Crippen LogP contribution in [-0.4, -0.2) is 15.9 Å². The summed E-state index contributed by atoms with van der Waals surface area (Å²) >= 11 is 13.5. The summed E-state index contributed by atoms with van der Waals surface area (Å²) in [6.07, 6.45) is -1.68. The fourth-order valence-electron chi connectivity index (χ4n) is 3.18. The van der Waals surface area contributed by atoms with Crippen molar-refractivity contribution in [3.63, 3.8) is 0 Å². The number of rotatable bonds is 6. The molecule has 0 fully saturated rings. The molecule has 0 bridgehead atoms. The van der Waals surface area contributed by atoms with Gasteiger partial charge in [0, 0.05) is 23.7 Å². The van der Waals surface area contributed by atoms with Crippen molar-refractivity contribution >= 4 is 39.5 Å². The molecule has 30 heavy (non-hydrogen) atoms. The molecule has 0 unspecified atom stereocenters. The van der Waals surface area contributed by atoms with Gasteiger partial charge in [-0.15, -0.1) is 11.3 Å². The van der Waals surface area contributed by atoms with E-state index in [1.807, 2.05) is 28.1 Å². The monoisotopic (exact) mass is 469 g/mol. The number of hydrogen-bond acceptors (Lipinski definition) is 3. The number of thiazole rings is 1. The zero-order valence-electron chi connectivity index (χ0n) is 15.5. The first-order valence-electron chi connectivity index (χ1n) is 9.09. The van der Waals surface area contributed by atoms with Crippen molar-refractivity contribution in [3.8, 4) is 11.3 Å². The Labute approximate surface area is 185 Å². The Morgan fingerprint density at radius 3 is 2.50 bits per heavy atom. The molecule has 0 aliphatic rings. The van der Waals surface area contributed by atoms with E-state index in [1.54, 1.807) is 6.07 Å². The van der Waals surface area contributed by atoms with Crippen molar-refractivity contribution in [1.82, 2.24) is 14.7 Å². The zero-order valence-corrected chi connectivity index (χ0v) is 17.8. The molecule has 0 aliphatic carbocycles. The fourth-order valence-corrected chi connectivity index (χ4v) is 4.24. The predicted molar refractivity (Wildman–Crippen MR) is 115 cm³/mol. The highest BCUT2D eigenvalue weighted by atomic mass is 35.5. The third kappa shape index (κ3) is 4.49. The molecule has 0 saturated carbocycles. The van der Waals surface area contributed by atoms with Gasteiger partial charge in [-0.25, -0.2) is 4.98 Å². The molecule has 0 aliphatic heterocycles. The molecule has 156 valence electrons. The number of nitrogens with zero attached hydrogens (tertiary/aromatic N) is 2. The number of alkyl halides is 3. The van der Waals surface area contributed by atoms with Crippen molar-refractivity contribution in [2.75, 3.05) is 6.54 Å². The molecule has 9 heteroatoms. The number of halogens is 5. The lowest BCUT2D eigenvalue weighted by Gasteiger charge is -2.09. The van der Waals surface area contributed by atoms with E-state index in [9.17, 15) is 13.2 Å². The maximum Gasteiger partial charge on any atom is 0.416 e. The van der Waals surface area contributed by atoms with Crippen LogP contribution in [0.15, 0.2) is 54.0 Å². The van der Waals surface area contributed by atoms with Gasteiger partial charge in [0.15, 0.2) is 4.96 Å². The molecule has 0 radical (unpaired) electrons. The van der Waals surface area contributed by atoms with E-state index < -0.39 is 11.7 Å². The molecule has 2 aromatic heterocycles. The SMILES string of the molecule is FC(F)(F)c1ccc(-c2nc3sccn3c2CNCCc2ccc(Cl)c(Cl)c2)cc1. The Morgan fingerprint density at radius 2 is 1.80 bits per heavy atom. The number of benzene rings is 2. The lowest BCUT2D eigenvalue weighted by atomic mass is 10.1. The Balaban J connectivity index is 1.51. The highest BCUT2D eigenvalue weighted by Crippen LogP contribution is 2.32. The van der Waals surface area contributed by atoms with Gasteiger partial charge < -0.3 is 5.32 Å². The molecule has 3 nitrogen and oxygen atoms in total. The average Bonchev–Trinajstić information content (AvgIpc) is 3.29. The van der Waals surface area contributed by atoms with E-state index in [-0.39, 0.29) is 0 Å². The van der Waals surface area contributed by atoms with Gasteiger partial charge in [0.05, 0.1) is 27.0 Å². The smallest absolute Gasteiger partial charge is 0.311 e. The van der Waals surface area contributed by atoms with E-state index in [0.717, 1.165) is 34.8 Å². The van der Waals surface area contributed by atoms with Crippen LogP contribution in [0.2, 0.25) is 10.0 Å². The molecule has 0 saturated heterocycles. The summed E-state index contributed by atoms with van der Waals surface area (Å²) in [5.41, 5.74) is 2.63. The molecular weight excluding hydrogens is 454 g/mol. The Hall–Kier alpha value is -2.06. The van der Waals surface area contributed by atoms with E-state index in [1.165, 1.54) is 23.5 Å². The van der Waals surface area contributed by atoms with Gasteiger partial charge in [-0.2, -0.15) is 13.2 Å². The van der Waals surface area contributed by atoms with Crippen LogP contribution in [0, 0.1) is 0 Å². The van der Waals surface area contributed by atoms with Gasteiger partial charge in [0.25, 0.3) is 0 Å². The molecule has 0 spiro atoms. The lowest BCUT2D eigenvalue weighted by molar-refractivity contribution is -0.137. The van der Waals surface area contributed by atoms with E-state index in [4.69, 9.17) is 23.2 Å². The molecular formula is C21H16Cl2F3N3S. The highest BCUT2D eigenvalue weighted by Gasteiger charge is 2.30. The Morgan fingerprint density at radius 1 is 1.03 bits per heavy atom. The van der Waals surface area contributed by atoms with Crippen molar-refractivity contribution < 1.29 is 13.2 Å². The molecule has 1 N–H and O–H groups in total. The molecule has 0 amide bonds. The summed E-state index contributed by atoms with van der Waals surface area (Å²) in [5.74, 6) is 0. The van der Waals surface area contributed by atoms with Crippen LogP contribution in [-0.2, 0) is 19.1 Å². The van der Waals surface area contributed by atoms with Crippen LogP contribution in [0.4, 0.5) is 13.2 Å². The highest BCUT2D eigenvalue weighted by molar-refractivity contribution is 7.15.